The normalized spacial score (nSPS) is 12.7. The molecule has 0 amide bonds. The molecular formula is C15H15N3OS. The molecule has 0 saturated carbocycles. The summed E-state index contributed by atoms with van der Waals surface area (Å²) in [5.41, 5.74) is 1.77. The second kappa shape index (κ2) is 5.54. The molecule has 2 heterocycles. The first-order chi connectivity index (χ1) is 9.79. The maximum atomic E-state index is 12.3. The minimum atomic E-state index is -0.0206. The minimum Gasteiger partial charge on any atom is -0.311 e. The molecule has 0 aliphatic rings. The van der Waals surface area contributed by atoms with Gasteiger partial charge in [0.2, 0.25) is 0 Å². The fraction of sp³-hybridized carbons (Fsp3) is 0.200. The van der Waals surface area contributed by atoms with Crippen molar-refractivity contribution >= 4 is 18.1 Å². The van der Waals surface area contributed by atoms with Crippen LogP contribution in [0.5, 0.6) is 0 Å². The first-order valence-electron chi connectivity index (χ1n) is 6.48. The number of aromatic nitrogens is 3. The van der Waals surface area contributed by atoms with Gasteiger partial charge in [0, 0.05) is 24.9 Å². The van der Waals surface area contributed by atoms with Gasteiger partial charge in [-0.1, -0.05) is 30.3 Å². The van der Waals surface area contributed by atoms with E-state index in [2.05, 4.69) is 29.9 Å². The Hall–Kier alpha value is -2.01. The largest absolute Gasteiger partial charge is 0.311 e. The van der Waals surface area contributed by atoms with Crippen molar-refractivity contribution in [2.24, 2.45) is 0 Å². The molecule has 3 aromatic rings. The Labute approximate surface area is 122 Å². The molecule has 2 aromatic heterocycles. The summed E-state index contributed by atoms with van der Waals surface area (Å²) < 4.78 is 3.32. The Morgan fingerprint density at radius 1 is 1.15 bits per heavy atom. The van der Waals surface area contributed by atoms with Crippen LogP contribution in [0.3, 0.4) is 0 Å². The third-order valence-electron chi connectivity index (χ3n) is 3.45. The zero-order chi connectivity index (χ0) is 13.9. The average Bonchev–Trinajstić information content (AvgIpc) is 2.97. The van der Waals surface area contributed by atoms with Gasteiger partial charge in [-0.25, -0.2) is 4.52 Å². The summed E-state index contributed by atoms with van der Waals surface area (Å²) in [4.78, 5) is 12.3. The van der Waals surface area contributed by atoms with Gasteiger partial charge in [0.1, 0.15) is 5.52 Å². The van der Waals surface area contributed by atoms with Crippen molar-refractivity contribution in [2.45, 2.75) is 12.5 Å². The molecule has 1 atom stereocenters. The minimum absolute atomic E-state index is 0.0206. The number of hydrogen-bond donors (Lipinski definition) is 1. The van der Waals surface area contributed by atoms with Crippen LogP contribution in [0.2, 0.25) is 0 Å². The third kappa shape index (κ3) is 2.36. The lowest BCUT2D eigenvalue weighted by atomic mass is 10.0. The van der Waals surface area contributed by atoms with Crippen LogP contribution in [-0.4, -0.2) is 19.9 Å². The molecule has 4 nitrogen and oxygen atoms in total. The molecule has 20 heavy (non-hydrogen) atoms. The Balaban J connectivity index is 1.95. The van der Waals surface area contributed by atoms with Gasteiger partial charge in [-0.3, -0.25) is 4.79 Å². The molecule has 0 aliphatic heterocycles. The molecule has 0 spiro atoms. The number of thiol groups is 1. The molecule has 0 saturated heterocycles. The van der Waals surface area contributed by atoms with E-state index in [0.29, 0.717) is 17.8 Å². The molecule has 0 fully saturated rings. The highest BCUT2D eigenvalue weighted by atomic mass is 32.1. The highest BCUT2D eigenvalue weighted by molar-refractivity contribution is 7.80. The molecule has 0 bridgehead atoms. The van der Waals surface area contributed by atoms with Gasteiger partial charge >= 0.3 is 0 Å². The molecule has 0 aliphatic carbocycles. The highest BCUT2D eigenvalue weighted by Crippen LogP contribution is 2.18. The molecule has 3 rings (SSSR count). The lowest BCUT2D eigenvalue weighted by Crippen LogP contribution is -2.24. The second-order valence-electron chi connectivity index (χ2n) is 4.71. The van der Waals surface area contributed by atoms with Crippen LogP contribution in [0.15, 0.2) is 59.8 Å². The van der Waals surface area contributed by atoms with E-state index in [4.69, 9.17) is 0 Å². The van der Waals surface area contributed by atoms with Crippen molar-refractivity contribution in [3.8, 4) is 0 Å². The maximum absolute atomic E-state index is 12.3. The van der Waals surface area contributed by atoms with E-state index in [1.807, 2.05) is 18.2 Å². The van der Waals surface area contributed by atoms with Crippen LogP contribution < -0.4 is 5.56 Å². The van der Waals surface area contributed by atoms with Crippen LogP contribution in [0.1, 0.15) is 11.5 Å². The standard InChI is InChI=1S/C15H15N3OS/c19-15-14-6-7-16-18(14)9-8-17(15)10-13(11-20)12-4-2-1-3-5-12/h1-9,13,20H,10-11H2. The van der Waals surface area contributed by atoms with Crippen LogP contribution in [0.25, 0.3) is 5.52 Å². The van der Waals surface area contributed by atoms with Crippen molar-refractivity contribution in [1.82, 2.24) is 14.2 Å². The number of rotatable bonds is 4. The summed E-state index contributed by atoms with van der Waals surface area (Å²) in [7, 11) is 0. The molecular weight excluding hydrogens is 270 g/mol. The first kappa shape index (κ1) is 13.0. The number of benzene rings is 1. The van der Waals surface area contributed by atoms with Crippen LogP contribution >= 0.6 is 12.6 Å². The van der Waals surface area contributed by atoms with Gasteiger partial charge in [0.25, 0.3) is 5.56 Å². The van der Waals surface area contributed by atoms with Crippen molar-refractivity contribution < 1.29 is 0 Å². The Morgan fingerprint density at radius 2 is 1.95 bits per heavy atom. The van der Waals surface area contributed by atoms with E-state index in [9.17, 15) is 4.79 Å². The third-order valence-corrected chi connectivity index (χ3v) is 3.89. The van der Waals surface area contributed by atoms with Gasteiger partial charge in [0.05, 0.1) is 6.20 Å². The van der Waals surface area contributed by atoms with Gasteiger partial charge in [-0.15, -0.1) is 0 Å². The van der Waals surface area contributed by atoms with E-state index >= 15 is 0 Å². The summed E-state index contributed by atoms with van der Waals surface area (Å²) in [6.45, 7) is 0.619. The summed E-state index contributed by atoms with van der Waals surface area (Å²) in [6.07, 6.45) is 5.22. The van der Waals surface area contributed by atoms with Crippen molar-refractivity contribution in [3.63, 3.8) is 0 Å². The fourth-order valence-corrected chi connectivity index (χ4v) is 2.66. The van der Waals surface area contributed by atoms with Gasteiger partial charge in [-0.2, -0.15) is 17.7 Å². The maximum Gasteiger partial charge on any atom is 0.276 e. The SMILES string of the molecule is O=c1c2ccnn2ccn1CC(CS)c1ccccc1. The first-order valence-corrected chi connectivity index (χ1v) is 7.11. The molecule has 0 N–H and O–H groups in total. The van der Waals surface area contributed by atoms with Crippen molar-refractivity contribution in [2.75, 3.05) is 5.75 Å². The van der Waals surface area contributed by atoms with E-state index < -0.39 is 0 Å². The molecule has 1 aromatic carbocycles. The monoisotopic (exact) mass is 285 g/mol. The molecule has 1 unspecified atom stereocenters. The number of fused-ring (bicyclic) bond motifs is 1. The van der Waals surface area contributed by atoms with Gasteiger partial charge < -0.3 is 4.57 Å². The van der Waals surface area contributed by atoms with E-state index in [-0.39, 0.29) is 11.5 Å². The molecule has 0 radical (unpaired) electrons. The summed E-state index contributed by atoms with van der Waals surface area (Å²) in [6, 6.07) is 11.9. The van der Waals surface area contributed by atoms with Crippen LogP contribution in [0.4, 0.5) is 0 Å². The smallest absolute Gasteiger partial charge is 0.276 e. The van der Waals surface area contributed by atoms with E-state index in [1.54, 1.807) is 33.7 Å². The zero-order valence-corrected chi connectivity index (χ0v) is 11.8. The van der Waals surface area contributed by atoms with Crippen molar-refractivity contribution in [1.29, 1.82) is 0 Å². The Kier molecular flexibility index (Phi) is 3.60. The van der Waals surface area contributed by atoms with Crippen LogP contribution in [0, 0.1) is 0 Å². The van der Waals surface area contributed by atoms with Crippen LogP contribution in [-0.2, 0) is 6.54 Å². The average molecular weight is 285 g/mol. The van der Waals surface area contributed by atoms with E-state index in [1.165, 1.54) is 5.56 Å². The zero-order valence-electron chi connectivity index (χ0n) is 10.9. The fourth-order valence-electron chi connectivity index (χ4n) is 2.34. The summed E-state index contributed by atoms with van der Waals surface area (Å²) in [5.74, 6) is 0.906. The summed E-state index contributed by atoms with van der Waals surface area (Å²) >= 11 is 4.42. The van der Waals surface area contributed by atoms with Gasteiger partial charge in [0.15, 0.2) is 0 Å². The molecule has 5 heteroatoms. The quantitative estimate of drug-likeness (QED) is 0.747. The lowest BCUT2D eigenvalue weighted by molar-refractivity contribution is 0.584. The lowest BCUT2D eigenvalue weighted by Gasteiger charge is -2.16. The Bertz CT molecular complexity index is 763. The Morgan fingerprint density at radius 3 is 2.70 bits per heavy atom. The van der Waals surface area contributed by atoms with E-state index in [0.717, 1.165) is 0 Å². The highest BCUT2D eigenvalue weighted by Gasteiger charge is 2.12. The van der Waals surface area contributed by atoms with Gasteiger partial charge in [-0.05, 0) is 17.4 Å². The predicted octanol–water partition coefficient (Wildman–Crippen LogP) is 2.21. The topological polar surface area (TPSA) is 39.3 Å². The number of hydrogen-bond acceptors (Lipinski definition) is 3. The van der Waals surface area contributed by atoms with Crippen molar-refractivity contribution in [3.05, 3.63) is 70.9 Å². The number of nitrogens with zero attached hydrogens (tertiary/aromatic N) is 3. The predicted molar refractivity (Wildman–Crippen MR) is 82.5 cm³/mol. The molecule has 102 valence electrons. The second-order valence-corrected chi connectivity index (χ2v) is 5.07. The summed E-state index contributed by atoms with van der Waals surface area (Å²) in [5, 5.41) is 4.07.